The number of benzene rings is 1. The maximum atomic E-state index is 4.75. The van der Waals surface area contributed by atoms with Crippen LogP contribution < -0.4 is 15.5 Å². The van der Waals surface area contributed by atoms with Crippen LogP contribution >= 0.6 is 0 Å². The molecule has 0 fully saturated rings. The van der Waals surface area contributed by atoms with Crippen molar-refractivity contribution in [1.82, 2.24) is 15.6 Å². The van der Waals surface area contributed by atoms with Crippen LogP contribution in [-0.4, -0.2) is 37.6 Å². The highest BCUT2D eigenvalue weighted by Crippen LogP contribution is 2.15. The van der Waals surface area contributed by atoms with Gasteiger partial charge in [0, 0.05) is 38.4 Å². The number of hydrogen-bond donors (Lipinski definition) is 2. The zero-order valence-electron chi connectivity index (χ0n) is 16.4. The fraction of sp³-hybridized carbons (Fsp3) is 0.429. The molecule has 1 heterocycles. The summed E-state index contributed by atoms with van der Waals surface area (Å²) in [5.41, 5.74) is 2.49. The van der Waals surface area contributed by atoms with Crippen molar-refractivity contribution in [3.8, 4) is 0 Å². The second-order valence-electron chi connectivity index (χ2n) is 6.65. The fourth-order valence-electron chi connectivity index (χ4n) is 2.77. The predicted octanol–water partition coefficient (Wildman–Crippen LogP) is 3.22. The van der Waals surface area contributed by atoms with Gasteiger partial charge >= 0.3 is 0 Å². The van der Waals surface area contributed by atoms with E-state index in [1.807, 2.05) is 31.3 Å². The number of aliphatic imine (C=N–C) groups is 1. The monoisotopic (exact) mass is 353 g/mol. The van der Waals surface area contributed by atoms with Gasteiger partial charge in [0.2, 0.25) is 0 Å². The summed E-state index contributed by atoms with van der Waals surface area (Å²) >= 11 is 0. The average Bonchev–Trinajstić information content (AvgIpc) is 2.65. The third kappa shape index (κ3) is 6.39. The molecule has 0 aliphatic rings. The van der Waals surface area contributed by atoms with E-state index in [0.717, 1.165) is 36.7 Å². The molecule has 26 heavy (non-hydrogen) atoms. The van der Waals surface area contributed by atoms with E-state index in [4.69, 9.17) is 4.99 Å². The Morgan fingerprint density at radius 2 is 1.92 bits per heavy atom. The number of pyridine rings is 1. The van der Waals surface area contributed by atoms with Crippen LogP contribution in [0.5, 0.6) is 0 Å². The molecule has 5 nitrogen and oxygen atoms in total. The standard InChI is InChI=1S/C21H31N5/c1-5-22-21(24-16-19-12-9-15-23-20(19)26(3)4)25-17(2)13-14-18-10-7-6-8-11-18/h6-12,15,17H,5,13-14,16H2,1-4H3,(H2,22,24,25). The molecule has 0 bridgehead atoms. The highest BCUT2D eigenvalue weighted by Gasteiger charge is 2.08. The number of nitrogens with one attached hydrogen (secondary N) is 2. The van der Waals surface area contributed by atoms with Gasteiger partial charge in [-0.3, -0.25) is 0 Å². The van der Waals surface area contributed by atoms with Crippen molar-refractivity contribution in [3.63, 3.8) is 0 Å². The largest absolute Gasteiger partial charge is 0.362 e. The number of aromatic nitrogens is 1. The van der Waals surface area contributed by atoms with E-state index in [1.165, 1.54) is 5.56 Å². The van der Waals surface area contributed by atoms with Crippen molar-refractivity contribution in [1.29, 1.82) is 0 Å². The molecule has 1 unspecified atom stereocenters. The first kappa shape index (κ1) is 19.8. The first-order valence-electron chi connectivity index (χ1n) is 9.30. The van der Waals surface area contributed by atoms with E-state index in [2.05, 4.69) is 65.9 Å². The summed E-state index contributed by atoms with van der Waals surface area (Å²) in [6.45, 7) is 5.72. The van der Waals surface area contributed by atoms with Gasteiger partial charge in [-0.15, -0.1) is 0 Å². The van der Waals surface area contributed by atoms with Gasteiger partial charge < -0.3 is 15.5 Å². The molecule has 5 heteroatoms. The molecule has 0 spiro atoms. The number of nitrogens with zero attached hydrogens (tertiary/aromatic N) is 3. The minimum absolute atomic E-state index is 0.343. The second kappa shape index (κ2) is 10.4. The number of anilines is 1. The average molecular weight is 354 g/mol. The Labute approximate surface area is 157 Å². The van der Waals surface area contributed by atoms with Gasteiger partial charge in [0.15, 0.2) is 5.96 Å². The molecule has 0 aliphatic heterocycles. The lowest BCUT2D eigenvalue weighted by molar-refractivity contribution is 0.593. The summed E-state index contributed by atoms with van der Waals surface area (Å²) in [6, 6.07) is 15.0. The SMILES string of the molecule is CCNC(=NCc1cccnc1N(C)C)NC(C)CCc1ccccc1. The van der Waals surface area contributed by atoms with Gasteiger partial charge in [0.05, 0.1) is 6.54 Å². The normalized spacial score (nSPS) is 12.5. The van der Waals surface area contributed by atoms with E-state index < -0.39 is 0 Å². The summed E-state index contributed by atoms with van der Waals surface area (Å²) in [5.74, 6) is 1.81. The second-order valence-corrected chi connectivity index (χ2v) is 6.65. The van der Waals surface area contributed by atoms with E-state index in [-0.39, 0.29) is 0 Å². The molecular weight excluding hydrogens is 322 g/mol. The number of aryl methyl sites for hydroxylation is 1. The Kier molecular flexibility index (Phi) is 7.93. The lowest BCUT2D eigenvalue weighted by Gasteiger charge is -2.19. The number of hydrogen-bond acceptors (Lipinski definition) is 3. The molecular formula is C21H31N5. The quantitative estimate of drug-likeness (QED) is 0.565. The van der Waals surface area contributed by atoms with Crippen LogP contribution in [0.2, 0.25) is 0 Å². The maximum absolute atomic E-state index is 4.75. The third-order valence-corrected chi connectivity index (χ3v) is 4.13. The zero-order valence-corrected chi connectivity index (χ0v) is 16.4. The van der Waals surface area contributed by atoms with Gasteiger partial charge in [0.1, 0.15) is 5.82 Å². The summed E-state index contributed by atoms with van der Waals surface area (Å²) in [4.78, 5) is 11.2. The van der Waals surface area contributed by atoms with Crippen LogP contribution in [0.1, 0.15) is 31.4 Å². The van der Waals surface area contributed by atoms with E-state index in [1.54, 1.807) is 0 Å². The van der Waals surface area contributed by atoms with Crippen LogP contribution in [0.25, 0.3) is 0 Å². The molecule has 1 aromatic heterocycles. The van der Waals surface area contributed by atoms with Crippen LogP contribution in [0, 0.1) is 0 Å². The highest BCUT2D eigenvalue weighted by atomic mass is 15.2. The van der Waals surface area contributed by atoms with Crippen molar-refractivity contribution in [2.24, 2.45) is 4.99 Å². The van der Waals surface area contributed by atoms with Crippen molar-refractivity contribution in [3.05, 3.63) is 59.8 Å². The predicted molar refractivity (Wildman–Crippen MR) is 111 cm³/mol. The van der Waals surface area contributed by atoms with Crippen molar-refractivity contribution in [2.75, 3.05) is 25.5 Å². The molecule has 0 aliphatic carbocycles. The van der Waals surface area contributed by atoms with Crippen LogP contribution in [0.3, 0.4) is 0 Å². The van der Waals surface area contributed by atoms with E-state index >= 15 is 0 Å². The topological polar surface area (TPSA) is 52.6 Å². The molecule has 2 rings (SSSR count). The molecule has 2 N–H and O–H groups in total. The van der Waals surface area contributed by atoms with Crippen molar-refractivity contribution < 1.29 is 0 Å². The van der Waals surface area contributed by atoms with Crippen molar-refractivity contribution in [2.45, 2.75) is 39.3 Å². The lowest BCUT2D eigenvalue weighted by Crippen LogP contribution is -2.42. The minimum atomic E-state index is 0.343. The van der Waals surface area contributed by atoms with Crippen LogP contribution in [0.15, 0.2) is 53.7 Å². The Bertz CT molecular complexity index is 682. The Hall–Kier alpha value is -2.56. The van der Waals surface area contributed by atoms with Gasteiger partial charge in [-0.05, 0) is 38.3 Å². The highest BCUT2D eigenvalue weighted by molar-refractivity contribution is 5.80. The molecule has 0 radical (unpaired) electrons. The molecule has 140 valence electrons. The summed E-state index contributed by atoms with van der Waals surface area (Å²) in [6.07, 6.45) is 3.93. The third-order valence-electron chi connectivity index (χ3n) is 4.13. The van der Waals surface area contributed by atoms with Gasteiger partial charge in [-0.2, -0.15) is 0 Å². The number of rotatable bonds is 8. The Balaban J connectivity index is 1.95. The molecule has 2 aromatic rings. The molecule has 1 atom stereocenters. The molecule has 1 aromatic carbocycles. The maximum Gasteiger partial charge on any atom is 0.191 e. The summed E-state index contributed by atoms with van der Waals surface area (Å²) < 4.78 is 0. The first-order valence-corrected chi connectivity index (χ1v) is 9.30. The zero-order chi connectivity index (χ0) is 18.8. The smallest absolute Gasteiger partial charge is 0.191 e. The molecule has 0 saturated carbocycles. The summed E-state index contributed by atoms with van der Waals surface area (Å²) in [7, 11) is 4.01. The van der Waals surface area contributed by atoms with Crippen LogP contribution in [0.4, 0.5) is 5.82 Å². The fourth-order valence-corrected chi connectivity index (χ4v) is 2.77. The molecule has 0 saturated heterocycles. The van der Waals surface area contributed by atoms with Gasteiger partial charge in [-0.25, -0.2) is 9.98 Å². The minimum Gasteiger partial charge on any atom is -0.362 e. The van der Waals surface area contributed by atoms with E-state index in [9.17, 15) is 0 Å². The number of guanidine groups is 1. The Morgan fingerprint density at radius 3 is 2.62 bits per heavy atom. The first-order chi connectivity index (χ1) is 12.6. The van der Waals surface area contributed by atoms with Crippen LogP contribution in [-0.2, 0) is 13.0 Å². The summed E-state index contributed by atoms with van der Waals surface area (Å²) in [5, 5.41) is 6.85. The Morgan fingerprint density at radius 1 is 1.15 bits per heavy atom. The van der Waals surface area contributed by atoms with Crippen molar-refractivity contribution >= 4 is 11.8 Å². The lowest BCUT2D eigenvalue weighted by atomic mass is 10.1. The van der Waals surface area contributed by atoms with Gasteiger partial charge in [0.25, 0.3) is 0 Å². The molecule has 0 amide bonds. The van der Waals surface area contributed by atoms with Gasteiger partial charge in [-0.1, -0.05) is 36.4 Å². The van der Waals surface area contributed by atoms with E-state index in [0.29, 0.717) is 12.6 Å².